The summed E-state index contributed by atoms with van der Waals surface area (Å²) in [5.74, 6) is -4.09. The summed E-state index contributed by atoms with van der Waals surface area (Å²) in [6, 6.07) is 5.58. The van der Waals surface area contributed by atoms with Gasteiger partial charge in [-0.15, -0.1) is 0 Å². The summed E-state index contributed by atoms with van der Waals surface area (Å²) in [5.41, 5.74) is 2.32. The highest BCUT2D eigenvalue weighted by Crippen LogP contribution is 2.43. The lowest BCUT2D eigenvalue weighted by atomic mass is 9.81. The minimum atomic E-state index is -4.42. The van der Waals surface area contributed by atoms with Crippen molar-refractivity contribution in [3.05, 3.63) is 59.3 Å². The predicted molar refractivity (Wildman–Crippen MR) is 138 cm³/mol. The molecular formula is C28H31F5N6O2. The molecule has 0 unspecified atom stereocenters. The molecule has 3 heterocycles. The van der Waals surface area contributed by atoms with Gasteiger partial charge in [-0.1, -0.05) is 6.07 Å². The fourth-order valence-electron chi connectivity index (χ4n) is 5.35. The Kier molecular flexibility index (Phi) is 7.97. The van der Waals surface area contributed by atoms with Crippen molar-refractivity contribution < 1.29 is 31.5 Å². The van der Waals surface area contributed by atoms with Gasteiger partial charge in [-0.25, -0.2) is 23.3 Å². The van der Waals surface area contributed by atoms with Crippen LogP contribution in [-0.2, 0) is 4.79 Å². The van der Waals surface area contributed by atoms with Crippen LogP contribution in [0.25, 0.3) is 5.65 Å². The fourth-order valence-corrected chi connectivity index (χ4v) is 5.35. The fraction of sp³-hybridized carbons (Fsp3) is 0.536. The molecule has 2 aliphatic rings. The molecule has 0 aromatic carbocycles. The highest BCUT2D eigenvalue weighted by molar-refractivity contribution is 5.92. The van der Waals surface area contributed by atoms with Gasteiger partial charge in [0.15, 0.2) is 5.65 Å². The number of alkyl halides is 5. The van der Waals surface area contributed by atoms with Crippen molar-refractivity contribution >= 4 is 17.5 Å². The summed E-state index contributed by atoms with van der Waals surface area (Å²) in [7, 11) is 0. The van der Waals surface area contributed by atoms with Crippen molar-refractivity contribution in [2.75, 3.05) is 0 Å². The molecule has 0 saturated heterocycles. The summed E-state index contributed by atoms with van der Waals surface area (Å²) in [4.78, 5) is 34.3. The van der Waals surface area contributed by atoms with Gasteiger partial charge in [0.05, 0.1) is 36.6 Å². The van der Waals surface area contributed by atoms with Gasteiger partial charge in [-0.3, -0.25) is 9.59 Å². The summed E-state index contributed by atoms with van der Waals surface area (Å²) in [6.07, 6.45) is -1.66. The standard InChI is InChI=1S/C28H31F5N6O2/c1-16-3-2-4-20(35-16)26(41)38-25(18-7-10-27(29,30)11-8-18)21-15-39-22(36-21)13-19(14-34-39)24(17-5-6-17)37-23(40)9-12-28(31,32)33/h2-4,13-15,17-18,24-25H,5-12H2,1H3,(H,37,40)(H,38,41)/t24-,25+/m1/s1. The zero-order valence-electron chi connectivity index (χ0n) is 22.4. The van der Waals surface area contributed by atoms with Crippen LogP contribution in [0.3, 0.4) is 0 Å². The highest BCUT2D eigenvalue weighted by Gasteiger charge is 2.40. The Bertz CT molecular complexity index is 1410. The van der Waals surface area contributed by atoms with Crippen molar-refractivity contribution in [3.8, 4) is 0 Å². The van der Waals surface area contributed by atoms with Gasteiger partial charge < -0.3 is 10.6 Å². The van der Waals surface area contributed by atoms with E-state index in [1.54, 1.807) is 37.4 Å². The maximum Gasteiger partial charge on any atom is 0.389 e. The number of carbonyl (C=O) groups is 2. The van der Waals surface area contributed by atoms with Gasteiger partial charge in [0.25, 0.3) is 5.91 Å². The van der Waals surface area contributed by atoms with E-state index in [0.29, 0.717) is 22.6 Å². The predicted octanol–water partition coefficient (Wildman–Crippen LogP) is 5.64. The first-order valence-corrected chi connectivity index (χ1v) is 13.7. The van der Waals surface area contributed by atoms with Crippen molar-refractivity contribution in [2.45, 2.75) is 82.5 Å². The summed E-state index contributed by atoms with van der Waals surface area (Å²) < 4.78 is 67.2. The molecule has 2 atom stereocenters. The van der Waals surface area contributed by atoms with E-state index >= 15 is 0 Å². The number of nitrogens with zero attached hydrogens (tertiary/aromatic N) is 4. The van der Waals surface area contributed by atoms with Crippen LogP contribution in [0.5, 0.6) is 0 Å². The number of fused-ring (bicyclic) bond motifs is 1. The average molecular weight is 579 g/mol. The van der Waals surface area contributed by atoms with E-state index in [9.17, 15) is 31.5 Å². The number of nitrogens with one attached hydrogen (secondary N) is 2. The second-order valence-electron chi connectivity index (χ2n) is 11.1. The van der Waals surface area contributed by atoms with Crippen LogP contribution in [0.1, 0.15) is 90.9 Å². The molecule has 2 fully saturated rings. The Balaban J connectivity index is 1.39. The maximum absolute atomic E-state index is 14.0. The van der Waals surface area contributed by atoms with Crippen LogP contribution < -0.4 is 10.6 Å². The summed E-state index contributed by atoms with van der Waals surface area (Å²) in [5, 5.41) is 10.1. The molecule has 220 valence electrons. The van der Waals surface area contributed by atoms with E-state index < -0.39 is 48.8 Å². The molecule has 3 aromatic heterocycles. The average Bonchev–Trinajstić information content (AvgIpc) is 3.66. The first kappa shape index (κ1) is 28.9. The van der Waals surface area contributed by atoms with Gasteiger partial charge in [-0.2, -0.15) is 18.3 Å². The summed E-state index contributed by atoms with van der Waals surface area (Å²) in [6.45, 7) is 1.76. The van der Waals surface area contributed by atoms with Crippen molar-refractivity contribution in [3.63, 3.8) is 0 Å². The molecule has 0 spiro atoms. The number of pyridine rings is 1. The third-order valence-corrected chi connectivity index (χ3v) is 7.72. The van der Waals surface area contributed by atoms with E-state index in [0.717, 1.165) is 12.8 Å². The second-order valence-corrected chi connectivity index (χ2v) is 11.1. The van der Waals surface area contributed by atoms with Crippen LogP contribution in [0, 0.1) is 18.8 Å². The zero-order valence-corrected chi connectivity index (χ0v) is 22.4. The van der Waals surface area contributed by atoms with Gasteiger partial charge >= 0.3 is 6.18 Å². The van der Waals surface area contributed by atoms with Crippen molar-refractivity contribution in [1.82, 2.24) is 30.2 Å². The van der Waals surface area contributed by atoms with E-state index in [1.807, 2.05) is 0 Å². The molecular weight excluding hydrogens is 547 g/mol. The van der Waals surface area contributed by atoms with Crippen LogP contribution in [0.2, 0.25) is 0 Å². The van der Waals surface area contributed by atoms with Gasteiger partial charge in [0, 0.05) is 25.0 Å². The topological polar surface area (TPSA) is 101 Å². The molecule has 41 heavy (non-hydrogen) atoms. The summed E-state index contributed by atoms with van der Waals surface area (Å²) >= 11 is 0. The number of aryl methyl sites for hydroxylation is 1. The largest absolute Gasteiger partial charge is 0.389 e. The van der Waals surface area contributed by atoms with E-state index in [2.05, 4.69) is 25.7 Å². The lowest BCUT2D eigenvalue weighted by Crippen LogP contribution is -2.37. The first-order valence-electron chi connectivity index (χ1n) is 13.7. The molecule has 2 N–H and O–H groups in total. The minimum absolute atomic E-state index is 0.0845. The number of amides is 2. The molecule has 13 heteroatoms. The van der Waals surface area contributed by atoms with Gasteiger partial charge in [0.2, 0.25) is 11.8 Å². The Labute approximate surface area is 233 Å². The Hall–Kier alpha value is -3.64. The molecule has 2 amide bonds. The highest BCUT2D eigenvalue weighted by atomic mass is 19.4. The molecule has 2 aliphatic carbocycles. The van der Waals surface area contributed by atoms with E-state index in [1.165, 1.54) is 10.7 Å². The molecule has 5 rings (SSSR count). The Morgan fingerprint density at radius 1 is 1.05 bits per heavy atom. The number of imidazole rings is 1. The lowest BCUT2D eigenvalue weighted by molar-refractivity contribution is -0.144. The molecule has 0 radical (unpaired) electrons. The third-order valence-electron chi connectivity index (χ3n) is 7.72. The molecule has 0 bridgehead atoms. The normalized spacial score (nSPS) is 19.1. The van der Waals surface area contributed by atoms with Crippen molar-refractivity contribution in [2.24, 2.45) is 11.8 Å². The Morgan fingerprint density at radius 3 is 2.41 bits per heavy atom. The van der Waals surface area contributed by atoms with Crippen LogP contribution in [-0.4, -0.2) is 43.5 Å². The Morgan fingerprint density at radius 2 is 1.76 bits per heavy atom. The lowest BCUT2D eigenvalue weighted by Gasteiger charge is -2.33. The first-order chi connectivity index (χ1) is 19.4. The number of hydrogen-bond acceptors (Lipinski definition) is 5. The monoisotopic (exact) mass is 578 g/mol. The van der Waals surface area contributed by atoms with Gasteiger partial charge in [-0.05, 0) is 68.2 Å². The number of halogens is 5. The maximum atomic E-state index is 14.0. The van der Waals surface area contributed by atoms with E-state index in [-0.39, 0.29) is 43.2 Å². The third kappa shape index (κ3) is 7.36. The molecule has 2 saturated carbocycles. The van der Waals surface area contributed by atoms with Crippen LogP contribution in [0.4, 0.5) is 22.0 Å². The molecule has 8 nitrogen and oxygen atoms in total. The van der Waals surface area contributed by atoms with E-state index in [4.69, 9.17) is 0 Å². The van der Waals surface area contributed by atoms with Gasteiger partial charge in [0.1, 0.15) is 5.69 Å². The number of aromatic nitrogens is 4. The zero-order chi connectivity index (χ0) is 29.4. The second kappa shape index (κ2) is 11.3. The number of rotatable bonds is 9. The minimum Gasteiger partial charge on any atom is -0.349 e. The van der Waals surface area contributed by atoms with Crippen molar-refractivity contribution in [1.29, 1.82) is 0 Å². The van der Waals surface area contributed by atoms with Crippen LogP contribution in [0.15, 0.2) is 36.7 Å². The molecule has 3 aromatic rings. The SMILES string of the molecule is Cc1cccc(C(=O)N[C@H](c2cn3ncc([C@H](NC(=O)CCC(F)(F)F)C4CC4)cc3n2)C2CCC(F)(F)CC2)n1. The number of carbonyl (C=O) groups excluding carboxylic acids is 2. The molecule has 0 aliphatic heterocycles. The number of hydrogen-bond donors (Lipinski definition) is 2. The smallest absolute Gasteiger partial charge is 0.349 e. The quantitative estimate of drug-likeness (QED) is 0.320. The van der Waals surface area contributed by atoms with Crippen LogP contribution >= 0.6 is 0 Å².